The maximum Gasteiger partial charge on any atom is 0.322 e. The largest absolute Gasteiger partial charge is 0.480 e. The lowest BCUT2D eigenvalue weighted by molar-refractivity contribution is -0.137. The van der Waals surface area contributed by atoms with Crippen molar-refractivity contribution in [2.24, 2.45) is 11.7 Å². The molecule has 0 aromatic carbocycles. The summed E-state index contributed by atoms with van der Waals surface area (Å²) in [6.45, 7) is 2.83. The summed E-state index contributed by atoms with van der Waals surface area (Å²) < 4.78 is 0. The molecule has 0 bridgehead atoms. The summed E-state index contributed by atoms with van der Waals surface area (Å²) in [4.78, 5) is 44.0. The van der Waals surface area contributed by atoms with E-state index in [1.165, 1.54) is 0 Å². The first-order valence-electron chi connectivity index (χ1n) is 6.04. The van der Waals surface area contributed by atoms with Gasteiger partial charge in [0, 0.05) is 0 Å². The smallest absolute Gasteiger partial charge is 0.322 e. The Morgan fingerprint density at radius 2 is 1.70 bits per heavy atom. The van der Waals surface area contributed by atoms with Gasteiger partial charge < -0.3 is 26.8 Å². The molecule has 1 atom stereocenters. The van der Waals surface area contributed by atoms with Gasteiger partial charge in [0.25, 0.3) is 0 Å². The van der Waals surface area contributed by atoms with Gasteiger partial charge in [-0.05, 0) is 12.3 Å². The van der Waals surface area contributed by atoms with Crippen molar-refractivity contribution in [1.82, 2.24) is 16.0 Å². The minimum atomic E-state index is -1.18. The maximum atomic E-state index is 11.8. The van der Waals surface area contributed by atoms with Gasteiger partial charge in [0.1, 0.15) is 12.6 Å². The SMILES string of the molecule is CC(C)CC(NC(N)=O)C(=O)NCC(=O)NCC(=O)O. The average molecular weight is 288 g/mol. The normalized spacial score (nSPS) is 11.6. The molecule has 4 amide bonds. The summed E-state index contributed by atoms with van der Waals surface area (Å²) in [7, 11) is 0. The first-order valence-corrected chi connectivity index (χ1v) is 6.04. The number of hydrogen-bond acceptors (Lipinski definition) is 4. The van der Waals surface area contributed by atoms with Crippen LogP contribution in [0.5, 0.6) is 0 Å². The maximum absolute atomic E-state index is 11.8. The summed E-state index contributed by atoms with van der Waals surface area (Å²) in [6, 6.07) is -1.67. The van der Waals surface area contributed by atoms with E-state index in [9.17, 15) is 19.2 Å². The van der Waals surface area contributed by atoms with Crippen molar-refractivity contribution < 1.29 is 24.3 Å². The molecule has 0 aromatic rings. The van der Waals surface area contributed by atoms with E-state index >= 15 is 0 Å². The van der Waals surface area contributed by atoms with Gasteiger partial charge in [-0.3, -0.25) is 14.4 Å². The lowest BCUT2D eigenvalue weighted by Gasteiger charge is -2.18. The number of carbonyl (C=O) groups excluding carboxylic acids is 3. The van der Waals surface area contributed by atoms with Gasteiger partial charge in [-0.15, -0.1) is 0 Å². The van der Waals surface area contributed by atoms with Crippen LogP contribution in [0.1, 0.15) is 20.3 Å². The van der Waals surface area contributed by atoms with E-state index in [4.69, 9.17) is 10.8 Å². The third-order valence-corrected chi connectivity index (χ3v) is 2.20. The number of carboxylic acids is 1. The Labute approximate surface area is 116 Å². The Bertz CT molecular complexity index is 383. The molecule has 20 heavy (non-hydrogen) atoms. The molecule has 0 spiro atoms. The van der Waals surface area contributed by atoms with Gasteiger partial charge in [0.15, 0.2) is 0 Å². The van der Waals surface area contributed by atoms with Crippen molar-refractivity contribution in [2.45, 2.75) is 26.3 Å². The predicted octanol–water partition coefficient (Wildman–Crippen LogP) is -1.61. The molecule has 0 aliphatic heterocycles. The summed E-state index contributed by atoms with van der Waals surface area (Å²) in [5, 5.41) is 15.0. The molecular formula is C11H20N4O5. The van der Waals surface area contributed by atoms with Crippen LogP contribution in [0.15, 0.2) is 0 Å². The van der Waals surface area contributed by atoms with E-state index in [-0.39, 0.29) is 12.5 Å². The molecule has 0 heterocycles. The molecule has 6 N–H and O–H groups in total. The molecule has 0 aromatic heterocycles. The highest BCUT2D eigenvalue weighted by molar-refractivity contribution is 5.90. The van der Waals surface area contributed by atoms with Crippen molar-refractivity contribution in [3.8, 4) is 0 Å². The van der Waals surface area contributed by atoms with Crippen LogP contribution >= 0.6 is 0 Å². The summed E-state index contributed by atoms with van der Waals surface area (Å²) in [5.41, 5.74) is 4.97. The number of carbonyl (C=O) groups is 4. The van der Waals surface area contributed by atoms with Crippen LogP contribution in [-0.2, 0) is 14.4 Å². The summed E-state index contributed by atoms with van der Waals surface area (Å²) in [5.74, 6) is -2.23. The van der Waals surface area contributed by atoms with Gasteiger partial charge >= 0.3 is 12.0 Å². The molecule has 0 saturated carbocycles. The van der Waals surface area contributed by atoms with E-state index in [0.717, 1.165) is 0 Å². The van der Waals surface area contributed by atoms with Crippen LogP contribution in [-0.4, -0.2) is 48.1 Å². The minimum absolute atomic E-state index is 0.137. The van der Waals surface area contributed by atoms with Gasteiger partial charge in [-0.2, -0.15) is 0 Å². The molecule has 9 nitrogen and oxygen atoms in total. The van der Waals surface area contributed by atoms with E-state index < -0.39 is 36.4 Å². The standard InChI is InChI=1S/C11H20N4O5/c1-6(2)3-7(15-11(12)20)10(19)14-4-8(16)13-5-9(17)18/h6-7H,3-5H2,1-2H3,(H,13,16)(H,14,19)(H,17,18)(H3,12,15,20). The second kappa shape index (κ2) is 8.73. The third-order valence-electron chi connectivity index (χ3n) is 2.20. The number of aliphatic carboxylic acids is 1. The van der Waals surface area contributed by atoms with Crippen molar-refractivity contribution in [3.05, 3.63) is 0 Å². The van der Waals surface area contributed by atoms with Gasteiger partial charge in [-0.25, -0.2) is 4.79 Å². The van der Waals surface area contributed by atoms with Crippen LogP contribution in [0.4, 0.5) is 4.79 Å². The van der Waals surface area contributed by atoms with Gasteiger partial charge in [0.2, 0.25) is 11.8 Å². The van der Waals surface area contributed by atoms with Crippen LogP contribution in [0, 0.1) is 5.92 Å². The Morgan fingerprint density at radius 3 is 2.15 bits per heavy atom. The molecule has 0 fully saturated rings. The first kappa shape index (κ1) is 17.7. The van der Waals surface area contributed by atoms with Crippen molar-refractivity contribution in [1.29, 1.82) is 0 Å². The number of urea groups is 1. The predicted molar refractivity (Wildman–Crippen MR) is 69.6 cm³/mol. The highest BCUT2D eigenvalue weighted by Gasteiger charge is 2.21. The number of rotatable bonds is 8. The molecule has 0 aliphatic carbocycles. The lowest BCUT2D eigenvalue weighted by atomic mass is 10.0. The lowest BCUT2D eigenvalue weighted by Crippen LogP contribution is -2.51. The van der Waals surface area contributed by atoms with E-state index in [1.54, 1.807) is 0 Å². The monoisotopic (exact) mass is 288 g/mol. The Balaban J connectivity index is 4.27. The van der Waals surface area contributed by atoms with Gasteiger partial charge in [0.05, 0.1) is 6.54 Å². The summed E-state index contributed by atoms with van der Waals surface area (Å²) in [6.07, 6.45) is 0.367. The van der Waals surface area contributed by atoms with Gasteiger partial charge in [-0.1, -0.05) is 13.8 Å². The topological polar surface area (TPSA) is 151 Å². The fourth-order valence-electron chi connectivity index (χ4n) is 1.40. The molecule has 0 saturated heterocycles. The number of amides is 4. The first-order chi connectivity index (χ1) is 9.22. The molecule has 0 aliphatic rings. The Hall–Kier alpha value is -2.32. The van der Waals surface area contributed by atoms with Crippen LogP contribution in [0.3, 0.4) is 0 Å². The zero-order valence-corrected chi connectivity index (χ0v) is 11.4. The van der Waals surface area contributed by atoms with Crippen molar-refractivity contribution in [2.75, 3.05) is 13.1 Å². The zero-order chi connectivity index (χ0) is 15.7. The highest BCUT2D eigenvalue weighted by atomic mass is 16.4. The highest BCUT2D eigenvalue weighted by Crippen LogP contribution is 2.04. The zero-order valence-electron chi connectivity index (χ0n) is 11.4. The quantitative estimate of drug-likeness (QED) is 0.364. The van der Waals surface area contributed by atoms with Crippen molar-refractivity contribution >= 4 is 23.8 Å². The molecule has 9 heteroatoms. The number of primary amides is 1. The minimum Gasteiger partial charge on any atom is -0.480 e. The molecule has 0 radical (unpaired) electrons. The number of nitrogens with two attached hydrogens (primary N) is 1. The average Bonchev–Trinajstić information content (AvgIpc) is 2.31. The Morgan fingerprint density at radius 1 is 1.10 bits per heavy atom. The number of carboxylic acid groups (broad SMARTS) is 1. The molecular weight excluding hydrogens is 268 g/mol. The second-order valence-corrected chi connectivity index (χ2v) is 4.58. The van der Waals surface area contributed by atoms with Crippen molar-refractivity contribution in [3.63, 3.8) is 0 Å². The van der Waals surface area contributed by atoms with E-state index in [1.807, 2.05) is 13.8 Å². The van der Waals surface area contributed by atoms with Crippen LogP contribution in [0.25, 0.3) is 0 Å². The molecule has 114 valence electrons. The fraction of sp³-hybridized carbons (Fsp3) is 0.636. The second-order valence-electron chi connectivity index (χ2n) is 4.58. The summed E-state index contributed by atoms with van der Waals surface area (Å²) >= 11 is 0. The van der Waals surface area contributed by atoms with Crippen LogP contribution in [0.2, 0.25) is 0 Å². The van der Waals surface area contributed by atoms with Crippen LogP contribution < -0.4 is 21.7 Å². The van der Waals surface area contributed by atoms with E-state index in [2.05, 4.69) is 16.0 Å². The Kier molecular flexibility index (Phi) is 7.71. The number of nitrogens with one attached hydrogen (secondary N) is 3. The van der Waals surface area contributed by atoms with E-state index in [0.29, 0.717) is 6.42 Å². The third kappa shape index (κ3) is 8.72. The molecule has 1 unspecified atom stereocenters. The number of hydrogen-bond donors (Lipinski definition) is 5. The fourth-order valence-corrected chi connectivity index (χ4v) is 1.40. The molecule has 0 rings (SSSR count).